The highest BCUT2D eigenvalue weighted by molar-refractivity contribution is 8.18. The molecule has 3 heterocycles. The number of fused-ring (bicyclic) bond motifs is 2. The molecule has 232 valence electrons. The van der Waals surface area contributed by atoms with Crippen LogP contribution in [0.1, 0.15) is 36.8 Å². The summed E-state index contributed by atoms with van der Waals surface area (Å²) in [4.78, 5) is 61.7. The van der Waals surface area contributed by atoms with Crippen molar-refractivity contribution in [1.82, 2.24) is 10.3 Å². The van der Waals surface area contributed by atoms with Crippen LogP contribution >= 0.6 is 46.5 Å². The average Bonchev–Trinajstić information content (AvgIpc) is 3.68. The second-order valence-corrected chi connectivity index (χ2v) is 14.9. The molecule has 10 nitrogen and oxygen atoms in total. The van der Waals surface area contributed by atoms with Gasteiger partial charge in [-0.15, -0.1) is 11.3 Å². The lowest BCUT2D eigenvalue weighted by molar-refractivity contribution is -0.387. The van der Waals surface area contributed by atoms with Crippen molar-refractivity contribution >= 4 is 103 Å². The first-order valence-electron chi connectivity index (χ1n) is 14.5. The van der Waals surface area contributed by atoms with Crippen LogP contribution in [0, 0.1) is 28.9 Å². The van der Waals surface area contributed by atoms with Gasteiger partial charge in [0, 0.05) is 11.1 Å². The summed E-state index contributed by atoms with van der Waals surface area (Å²) in [5.74, 6) is -1.09. The van der Waals surface area contributed by atoms with Crippen LogP contribution in [0.3, 0.4) is 0 Å². The van der Waals surface area contributed by atoms with Gasteiger partial charge in [-0.05, 0) is 85.1 Å². The van der Waals surface area contributed by atoms with E-state index in [-0.39, 0.29) is 35.2 Å². The van der Waals surface area contributed by atoms with Crippen LogP contribution in [-0.4, -0.2) is 32.8 Å². The van der Waals surface area contributed by atoms with E-state index < -0.39 is 4.92 Å². The van der Waals surface area contributed by atoms with Crippen LogP contribution in [0.5, 0.6) is 0 Å². The molecule has 4 aromatic rings. The zero-order chi connectivity index (χ0) is 32.1. The number of amides is 3. The minimum atomic E-state index is -0.462. The van der Waals surface area contributed by atoms with E-state index in [0.717, 1.165) is 59.5 Å². The monoisotopic (exact) mass is 689 g/mol. The number of halogens is 1. The SMILES string of the molecule is Cc1c(Cl)cccc1N=C1NC(=O)/C(=C/c2ccc(Sc3nc4ccc(N5C(=O)[C@H]6CCCC[C@H]6C5=O)cc4s3)c([N+](=O)[O-])c2)S1. The Kier molecular flexibility index (Phi) is 8.17. The molecule has 0 bridgehead atoms. The summed E-state index contributed by atoms with van der Waals surface area (Å²) in [5.41, 5.74) is 2.99. The predicted molar refractivity (Wildman–Crippen MR) is 182 cm³/mol. The van der Waals surface area contributed by atoms with Crippen molar-refractivity contribution in [2.24, 2.45) is 16.8 Å². The molecule has 3 amide bonds. The number of amidine groups is 1. The smallest absolute Gasteiger partial charge is 0.283 e. The van der Waals surface area contributed by atoms with E-state index in [1.165, 1.54) is 22.3 Å². The van der Waals surface area contributed by atoms with Crippen molar-refractivity contribution in [1.29, 1.82) is 0 Å². The quantitative estimate of drug-likeness (QED) is 0.0935. The largest absolute Gasteiger partial charge is 0.300 e. The maximum Gasteiger partial charge on any atom is 0.283 e. The molecule has 0 spiro atoms. The Morgan fingerprint density at radius 1 is 1.09 bits per heavy atom. The van der Waals surface area contributed by atoms with Gasteiger partial charge < -0.3 is 5.32 Å². The second kappa shape index (κ2) is 12.3. The molecule has 2 atom stereocenters. The van der Waals surface area contributed by atoms with Crippen LogP contribution < -0.4 is 10.2 Å². The molecule has 2 aliphatic heterocycles. The summed E-state index contributed by atoms with van der Waals surface area (Å²) in [6, 6.07) is 15.4. The van der Waals surface area contributed by atoms with Crippen LogP contribution in [0.15, 0.2) is 73.7 Å². The van der Waals surface area contributed by atoms with Crippen molar-refractivity contribution in [2.75, 3.05) is 4.90 Å². The summed E-state index contributed by atoms with van der Waals surface area (Å²) >= 11 is 9.83. The van der Waals surface area contributed by atoms with Gasteiger partial charge >= 0.3 is 0 Å². The molecular formula is C32H24ClN5O5S3. The van der Waals surface area contributed by atoms with Gasteiger partial charge in [-0.3, -0.25) is 29.4 Å². The Morgan fingerprint density at radius 3 is 2.59 bits per heavy atom. The predicted octanol–water partition coefficient (Wildman–Crippen LogP) is 7.89. The zero-order valence-corrected chi connectivity index (χ0v) is 27.4. The van der Waals surface area contributed by atoms with E-state index in [9.17, 15) is 24.5 Å². The van der Waals surface area contributed by atoms with Gasteiger partial charge in [-0.25, -0.2) is 9.98 Å². The summed E-state index contributed by atoms with van der Waals surface area (Å²) in [6.07, 6.45) is 5.00. The Bertz CT molecular complexity index is 2020. The lowest BCUT2D eigenvalue weighted by atomic mass is 9.81. The van der Waals surface area contributed by atoms with E-state index in [1.807, 2.05) is 6.92 Å². The fourth-order valence-corrected chi connectivity index (χ4v) is 9.04. The minimum Gasteiger partial charge on any atom is -0.300 e. The van der Waals surface area contributed by atoms with Crippen molar-refractivity contribution in [3.63, 3.8) is 0 Å². The number of carbonyl (C=O) groups is 3. The Labute approximate surface area is 280 Å². The van der Waals surface area contributed by atoms with E-state index in [4.69, 9.17) is 11.6 Å². The molecule has 3 aliphatic rings. The standard InChI is InChI=1S/C32H24ClN5O5S3/c1-16-21(33)7-4-8-22(16)34-31-36-28(39)27(44-31)14-17-9-12-25(24(13-17)38(42)43)45-32-35-23-11-10-18(15-26(23)46-32)37-29(40)19-5-2-3-6-20(19)30(37)41/h4,7-15,19-20H,2-3,5-6H2,1H3,(H,34,36,39)/b27-14-/t19-,20+. The summed E-state index contributed by atoms with van der Waals surface area (Å²) in [7, 11) is 0. The van der Waals surface area contributed by atoms with Crippen molar-refractivity contribution in [2.45, 2.75) is 41.8 Å². The Hall–Kier alpha value is -4.04. The highest BCUT2D eigenvalue weighted by atomic mass is 35.5. The Morgan fingerprint density at radius 2 is 1.85 bits per heavy atom. The maximum atomic E-state index is 13.1. The van der Waals surface area contributed by atoms with Gasteiger partial charge in [0.1, 0.15) is 0 Å². The molecule has 7 rings (SSSR count). The number of thiazole rings is 1. The first-order chi connectivity index (χ1) is 22.2. The third-order valence-corrected chi connectivity index (χ3v) is 11.7. The fourth-order valence-electron chi connectivity index (χ4n) is 5.90. The van der Waals surface area contributed by atoms with E-state index in [0.29, 0.717) is 46.8 Å². The number of hydrogen-bond acceptors (Lipinski definition) is 10. The van der Waals surface area contributed by atoms with Crippen LogP contribution in [0.2, 0.25) is 5.02 Å². The number of aromatic nitrogens is 1. The number of nitrogens with zero attached hydrogens (tertiary/aromatic N) is 4. The van der Waals surface area contributed by atoms with Crippen molar-refractivity contribution in [3.8, 4) is 0 Å². The van der Waals surface area contributed by atoms with Gasteiger partial charge in [0.15, 0.2) is 9.51 Å². The summed E-state index contributed by atoms with van der Waals surface area (Å²) < 4.78 is 1.35. The summed E-state index contributed by atoms with van der Waals surface area (Å²) in [5, 5.41) is 15.8. The highest BCUT2D eigenvalue weighted by Gasteiger charge is 2.48. The Balaban J connectivity index is 1.11. The molecule has 1 N–H and O–H groups in total. The third-order valence-electron chi connectivity index (χ3n) is 8.24. The fraction of sp³-hybridized carbons (Fsp3) is 0.219. The molecule has 14 heteroatoms. The van der Waals surface area contributed by atoms with Crippen LogP contribution in [-0.2, 0) is 14.4 Å². The highest BCUT2D eigenvalue weighted by Crippen LogP contribution is 2.43. The number of imide groups is 1. The molecule has 1 aliphatic carbocycles. The normalized spacial score (nSPS) is 21.4. The molecule has 0 radical (unpaired) electrons. The van der Waals surface area contributed by atoms with Gasteiger partial charge in [-0.1, -0.05) is 48.3 Å². The minimum absolute atomic E-state index is 0.123. The van der Waals surface area contributed by atoms with Crippen LogP contribution in [0.4, 0.5) is 17.1 Å². The van der Waals surface area contributed by atoms with Gasteiger partial charge in [0.2, 0.25) is 11.8 Å². The summed E-state index contributed by atoms with van der Waals surface area (Å²) in [6.45, 7) is 1.84. The number of nitro groups is 1. The number of nitrogens with one attached hydrogen (secondary N) is 1. The number of anilines is 1. The molecular weight excluding hydrogens is 666 g/mol. The molecule has 1 saturated carbocycles. The van der Waals surface area contributed by atoms with E-state index in [2.05, 4.69) is 15.3 Å². The number of thioether (sulfide) groups is 1. The van der Waals surface area contributed by atoms with Gasteiger partial charge in [-0.2, -0.15) is 0 Å². The average molecular weight is 690 g/mol. The number of aliphatic imine (C=N–C) groups is 1. The van der Waals surface area contributed by atoms with Crippen LogP contribution in [0.25, 0.3) is 16.3 Å². The number of hydrogen-bond donors (Lipinski definition) is 1. The van der Waals surface area contributed by atoms with Crippen molar-refractivity contribution < 1.29 is 19.3 Å². The number of carbonyl (C=O) groups excluding carboxylic acids is 3. The number of nitro benzene ring substituents is 1. The molecule has 3 fully saturated rings. The van der Waals surface area contributed by atoms with Gasteiger partial charge in [0.05, 0.1) is 48.2 Å². The molecule has 3 aromatic carbocycles. The molecule has 46 heavy (non-hydrogen) atoms. The van der Waals surface area contributed by atoms with E-state index in [1.54, 1.807) is 54.6 Å². The first kappa shape index (κ1) is 30.6. The molecule has 1 aromatic heterocycles. The lowest BCUT2D eigenvalue weighted by Crippen LogP contribution is -2.30. The topological polar surface area (TPSA) is 135 Å². The van der Waals surface area contributed by atoms with Crippen molar-refractivity contribution in [3.05, 3.63) is 85.8 Å². The lowest BCUT2D eigenvalue weighted by Gasteiger charge is -2.19. The first-order valence-corrected chi connectivity index (χ1v) is 17.3. The third kappa shape index (κ3) is 5.72. The molecule has 0 unspecified atom stereocenters. The number of benzene rings is 3. The maximum absolute atomic E-state index is 13.1. The van der Waals surface area contributed by atoms with Gasteiger partial charge in [0.25, 0.3) is 11.6 Å². The second-order valence-electron chi connectivity index (χ2n) is 11.1. The zero-order valence-electron chi connectivity index (χ0n) is 24.2. The van der Waals surface area contributed by atoms with E-state index >= 15 is 0 Å². The molecule has 2 saturated heterocycles. The number of rotatable bonds is 6.